The highest BCUT2D eigenvalue weighted by atomic mass is 16.6. The maximum Gasteiger partial charge on any atom is 0.293 e. The lowest BCUT2D eigenvalue weighted by molar-refractivity contribution is -0.383. The molecule has 3 rings (SSSR count). The zero-order valence-electron chi connectivity index (χ0n) is 10.4. The lowest BCUT2D eigenvalue weighted by Gasteiger charge is -2.32. The molecule has 20 heavy (non-hydrogen) atoms. The Morgan fingerprint density at radius 1 is 1.45 bits per heavy atom. The van der Waals surface area contributed by atoms with Crippen LogP contribution in [-0.4, -0.2) is 32.1 Å². The van der Waals surface area contributed by atoms with Gasteiger partial charge in [0.15, 0.2) is 0 Å². The summed E-state index contributed by atoms with van der Waals surface area (Å²) in [6.07, 6.45) is 2.01. The minimum Gasteiger partial charge on any atom is -0.393 e. The minimum atomic E-state index is -0.538. The van der Waals surface area contributed by atoms with E-state index in [4.69, 9.17) is 0 Å². The molecule has 0 saturated heterocycles. The molecule has 8 nitrogen and oxygen atoms in total. The van der Waals surface area contributed by atoms with Crippen molar-refractivity contribution in [2.24, 2.45) is 0 Å². The van der Waals surface area contributed by atoms with Crippen molar-refractivity contribution in [1.82, 2.24) is 9.97 Å². The van der Waals surface area contributed by atoms with Crippen molar-refractivity contribution in [3.05, 3.63) is 38.9 Å². The zero-order chi connectivity index (χ0) is 14.3. The van der Waals surface area contributed by atoms with Crippen molar-refractivity contribution < 1.29 is 10.0 Å². The van der Waals surface area contributed by atoms with Gasteiger partial charge < -0.3 is 15.4 Å². The standard InChI is InChI=1S/C12H12N4O4/c17-7-1-6(2-7)15-10-4-9-8(3-11(10)16(19)20)12(18)14-5-13-9/h3-7,15,17H,1-2H2,(H,13,14,18). The molecule has 0 radical (unpaired) electrons. The summed E-state index contributed by atoms with van der Waals surface area (Å²) in [6, 6.07) is 2.72. The highest BCUT2D eigenvalue weighted by Crippen LogP contribution is 2.32. The maximum absolute atomic E-state index is 11.6. The Hall–Kier alpha value is -2.48. The molecule has 0 amide bonds. The molecule has 1 fully saturated rings. The first kappa shape index (κ1) is 12.5. The topological polar surface area (TPSA) is 121 Å². The van der Waals surface area contributed by atoms with Crippen LogP contribution in [0.25, 0.3) is 10.9 Å². The molecule has 0 spiro atoms. The first-order chi connectivity index (χ1) is 9.54. The molecule has 1 saturated carbocycles. The number of H-pyrrole nitrogens is 1. The molecule has 3 N–H and O–H groups in total. The number of rotatable bonds is 3. The fraction of sp³-hybridized carbons (Fsp3) is 0.333. The third kappa shape index (κ3) is 2.10. The molecule has 1 aliphatic carbocycles. The van der Waals surface area contributed by atoms with E-state index >= 15 is 0 Å². The molecule has 0 atom stereocenters. The zero-order valence-corrected chi connectivity index (χ0v) is 10.4. The second-order valence-corrected chi connectivity index (χ2v) is 4.84. The number of aromatic amines is 1. The summed E-state index contributed by atoms with van der Waals surface area (Å²) >= 11 is 0. The van der Waals surface area contributed by atoms with Crippen molar-refractivity contribution in [2.45, 2.75) is 25.0 Å². The summed E-state index contributed by atoms with van der Waals surface area (Å²) in [5.74, 6) is 0. The van der Waals surface area contributed by atoms with Gasteiger partial charge in [-0.25, -0.2) is 4.98 Å². The lowest BCUT2D eigenvalue weighted by Crippen LogP contribution is -2.39. The third-order valence-electron chi connectivity index (χ3n) is 3.43. The number of aliphatic hydroxyl groups is 1. The number of aromatic nitrogens is 2. The molecule has 1 aromatic carbocycles. The van der Waals surface area contributed by atoms with E-state index in [1.54, 1.807) is 0 Å². The molecule has 104 valence electrons. The highest BCUT2D eigenvalue weighted by Gasteiger charge is 2.29. The van der Waals surface area contributed by atoms with Gasteiger partial charge >= 0.3 is 0 Å². The molecular weight excluding hydrogens is 264 g/mol. The van der Waals surface area contributed by atoms with Gasteiger partial charge in [0.1, 0.15) is 5.69 Å². The van der Waals surface area contributed by atoms with Crippen molar-refractivity contribution in [3.8, 4) is 0 Å². The first-order valence-electron chi connectivity index (χ1n) is 6.15. The summed E-state index contributed by atoms with van der Waals surface area (Å²) in [4.78, 5) is 28.6. The number of hydrogen-bond donors (Lipinski definition) is 3. The van der Waals surface area contributed by atoms with Crippen molar-refractivity contribution in [2.75, 3.05) is 5.32 Å². The first-order valence-corrected chi connectivity index (χ1v) is 6.15. The fourth-order valence-corrected chi connectivity index (χ4v) is 2.30. The number of benzene rings is 1. The van der Waals surface area contributed by atoms with Gasteiger partial charge in [0.05, 0.1) is 28.3 Å². The number of nitrogens with zero attached hydrogens (tertiary/aromatic N) is 2. The Labute approximate surface area is 112 Å². The van der Waals surface area contributed by atoms with Crippen molar-refractivity contribution in [3.63, 3.8) is 0 Å². The van der Waals surface area contributed by atoms with E-state index in [0.717, 1.165) is 0 Å². The SMILES string of the molecule is O=c1[nH]cnc2cc(NC3CC(O)C3)c([N+](=O)[O-])cc12. The van der Waals surface area contributed by atoms with Crippen LogP contribution in [0.2, 0.25) is 0 Å². The van der Waals surface area contributed by atoms with Crippen LogP contribution in [0.5, 0.6) is 0 Å². The van der Waals surface area contributed by atoms with E-state index in [2.05, 4.69) is 15.3 Å². The van der Waals surface area contributed by atoms with Crippen LogP contribution in [0.15, 0.2) is 23.3 Å². The van der Waals surface area contributed by atoms with E-state index in [-0.39, 0.29) is 23.2 Å². The summed E-state index contributed by atoms with van der Waals surface area (Å²) in [5.41, 5.74) is 0.125. The molecule has 8 heteroatoms. The van der Waals surface area contributed by atoms with Crippen LogP contribution >= 0.6 is 0 Å². The molecular formula is C12H12N4O4. The van der Waals surface area contributed by atoms with E-state index < -0.39 is 10.5 Å². The predicted octanol–water partition coefficient (Wildman–Crippen LogP) is 0.767. The Kier molecular flexibility index (Phi) is 2.87. The number of nitro groups is 1. The molecule has 1 aromatic heterocycles. The number of aliphatic hydroxyl groups excluding tert-OH is 1. The Bertz CT molecular complexity index is 736. The van der Waals surface area contributed by atoms with Gasteiger partial charge in [-0.3, -0.25) is 14.9 Å². The number of fused-ring (bicyclic) bond motifs is 1. The number of anilines is 1. The van der Waals surface area contributed by atoms with Gasteiger partial charge in [-0.15, -0.1) is 0 Å². The predicted molar refractivity (Wildman–Crippen MR) is 71.7 cm³/mol. The van der Waals surface area contributed by atoms with Crippen LogP contribution in [0.4, 0.5) is 11.4 Å². The number of nitro benzene ring substituents is 1. The number of hydrogen-bond acceptors (Lipinski definition) is 6. The molecule has 1 heterocycles. The van der Waals surface area contributed by atoms with E-state index in [1.165, 1.54) is 18.5 Å². The second kappa shape index (κ2) is 4.57. The summed E-state index contributed by atoms with van der Waals surface area (Å²) in [7, 11) is 0. The monoisotopic (exact) mass is 276 g/mol. The van der Waals surface area contributed by atoms with Crippen LogP contribution < -0.4 is 10.9 Å². The van der Waals surface area contributed by atoms with E-state index in [1.807, 2.05) is 0 Å². The Morgan fingerprint density at radius 2 is 2.20 bits per heavy atom. The number of nitrogens with one attached hydrogen (secondary N) is 2. The molecule has 1 aliphatic rings. The second-order valence-electron chi connectivity index (χ2n) is 4.84. The quantitative estimate of drug-likeness (QED) is 0.562. The van der Waals surface area contributed by atoms with Gasteiger partial charge in [-0.2, -0.15) is 0 Å². The van der Waals surface area contributed by atoms with Crippen LogP contribution in [0, 0.1) is 10.1 Å². The Balaban J connectivity index is 2.07. The van der Waals surface area contributed by atoms with Gasteiger partial charge in [0, 0.05) is 12.1 Å². The average Bonchev–Trinajstić information content (AvgIpc) is 2.36. The molecule has 0 unspecified atom stereocenters. The van der Waals surface area contributed by atoms with Crippen molar-refractivity contribution >= 4 is 22.3 Å². The summed E-state index contributed by atoms with van der Waals surface area (Å²) < 4.78 is 0. The summed E-state index contributed by atoms with van der Waals surface area (Å²) in [6.45, 7) is 0. The normalized spacial score (nSPS) is 21.4. The Morgan fingerprint density at radius 3 is 2.85 bits per heavy atom. The van der Waals surface area contributed by atoms with E-state index in [9.17, 15) is 20.0 Å². The van der Waals surface area contributed by atoms with Gasteiger partial charge in [-0.05, 0) is 18.9 Å². The fourth-order valence-electron chi connectivity index (χ4n) is 2.30. The largest absolute Gasteiger partial charge is 0.393 e. The van der Waals surface area contributed by atoms with Crippen LogP contribution in [0.1, 0.15) is 12.8 Å². The van der Waals surface area contributed by atoms with E-state index in [0.29, 0.717) is 24.0 Å². The smallest absolute Gasteiger partial charge is 0.293 e. The van der Waals surface area contributed by atoms with Crippen molar-refractivity contribution in [1.29, 1.82) is 0 Å². The molecule has 0 aliphatic heterocycles. The molecule has 0 bridgehead atoms. The van der Waals surface area contributed by atoms with Crippen LogP contribution in [-0.2, 0) is 0 Å². The molecule has 2 aromatic rings. The third-order valence-corrected chi connectivity index (χ3v) is 3.43. The summed E-state index contributed by atoms with van der Waals surface area (Å²) in [5, 5.41) is 23.6. The van der Waals surface area contributed by atoms with Gasteiger partial charge in [0.2, 0.25) is 0 Å². The van der Waals surface area contributed by atoms with Gasteiger partial charge in [0.25, 0.3) is 11.2 Å². The van der Waals surface area contributed by atoms with Crippen LogP contribution in [0.3, 0.4) is 0 Å². The highest BCUT2D eigenvalue weighted by molar-refractivity contribution is 5.86. The lowest BCUT2D eigenvalue weighted by atomic mass is 9.89. The van der Waals surface area contributed by atoms with Gasteiger partial charge in [-0.1, -0.05) is 0 Å². The minimum absolute atomic E-state index is 0.00291. The average molecular weight is 276 g/mol. The maximum atomic E-state index is 11.6.